The van der Waals surface area contributed by atoms with Gasteiger partial charge in [-0.1, -0.05) is 35.9 Å². The van der Waals surface area contributed by atoms with E-state index in [0.29, 0.717) is 35.7 Å². The van der Waals surface area contributed by atoms with Gasteiger partial charge in [0.1, 0.15) is 5.69 Å². The van der Waals surface area contributed by atoms with Crippen molar-refractivity contribution < 1.29 is 13.2 Å². The highest BCUT2D eigenvalue weighted by Crippen LogP contribution is 2.35. The van der Waals surface area contributed by atoms with Crippen LogP contribution in [0.2, 0.25) is 5.02 Å². The third kappa shape index (κ3) is 3.68. The van der Waals surface area contributed by atoms with E-state index in [9.17, 15) is 13.2 Å². The molecule has 31 heavy (non-hydrogen) atoms. The monoisotopic (exact) mass is 442 g/mol. The molecule has 158 valence electrons. The number of fused-ring (bicyclic) bond motifs is 2. The number of anilines is 1. The maximum atomic E-state index is 13.4. The van der Waals surface area contributed by atoms with Gasteiger partial charge in [-0.2, -0.15) is 13.2 Å². The molecule has 0 saturated carbocycles. The van der Waals surface area contributed by atoms with E-state index in [2.05, 4.69) is 15.6 Å². The lowest BCUT2D eigenvalue weighted by molar-refractivity contribution is -0.140. The van der Waals surface area contributed by atoms with E-state index in [0.717, 1.165) is 22.7 Å². The summed E-state index contributed by atoms with van der Waals surface area (Å²) in [5.74, 6) is 0. The molecule has 0 atom stereocenters. The summed E-state index contributed by atoms with van der Waals surface area (Å²) in [4.78, 5) is 8.59. The lowest BCUT2D eigenvalue weighted by Gasteiger charge is -2.42. The Morgan fingerprint density at radius 3 is 2.52 bits per heavy atom. The van der Waals surface area contributed by atoms with E-state index in [1.54, 1.807) is 6.07 Å². The van der Waals surface area contributed by atoms with E-state index in [1.807, 2.05) is 36.4 Å². The van der Waals surface area contributed by atoms with Gasteiger partial charge in [0.25, 0.3) is 0 Å². The van der Waals surface area contributed by atoms with Crippen LogP contribution in [-0.4, -0.2) is 29.6 Å². The molecular formula is C23H18ClF3N4. The molecule has 1 fully saturated rings. The van der Waals surface area contributed by atoms with E-state index in [-0.39, 0.29) is 10.9 Å². The summed E-state index contributed by atoms with van der Waals surface area (Å²) in [5, 5.41) is 8.55. The smallest absolute Gasteiger partial charge is 0.383 e. The minimum Gasteiger partial charge on any atom is -0.383 e. The minimum atomic E-state index is -4.54. The summed E-state index contributed by atoms with van der Waals surface area (Å²) < 4.78 is 40.2. The predicted molar refractivity (Wildman–Crippen MR) is 117 cm³/mol. The number of hydrogen-bond donors (Lipinski definition) is 2. The van der Waals surface area contributed by atoms with Crippen LogP contribution >= 0.6 is 11.6 Å². The molecule has 0 spiro atoms. The number of nitrogens with one attached hydrogen (secondary N) is 2. The first kappa shape index (κ1) is 20.0. The van der Waals surface area contributed by atoms with Gasteiger partial charge in [-0.25, -0.2) is 4.98 Å². The van der Waals surface area contributed by atoms with Gasteiger partial charge < -0.3 is 10.6 Å². The molecule has 2 aromatic heterocycles. The first-order valence-corrected chi connectivity index (χ1v) is 10.2. The molecule has 0 bridgehead atoms. The highest BCUT2D eigenvalue weighted by molar-refractivity contribution is 6.31. The van der Waals surface area contributed by atoms with Gasteiger partial charge in [-0.15, -0.1) is 0 Å². The summed E-state index contributed by atoms with van der Waals surface area (Å²) in [6.45, 7) is 1.79. The van der Waals surface area contributed by atoms with Crippen LogP contribution in [-0.2, 0) is 11.6 Å². The van der Waals surface area contributed by atoms with Crippen molar-refractivity contribution in [3.05, 3.63) is 77.1 Å². The van der Waals surface area contributed by atoms with Crippen LogP contribution in [0.3, 0.4) is 0 Å². The lowest BCUT2D eigenvalue weighted by atomic mass is 9.77. The van der Waals surface area contributed by atoms with Crippen molar-refractivity contribution in [2.24, 2.45) is 0 Å². The van der Waals surface area contributed by atoms with Gasteiger partial charge in [0, 0.05) is 41.1 Å². The number of para-hydroxylation sites is 1. The largest absolute Gasteiger partial charge is 0.433 e. The molecule has 1 aliphatic rings. The molecule has 3 heterocycles. The second kappa shape index (κ2) is 7.35. The van der Waals surface area contributed by atoms with E-state index in [1.165, 1.54) is 12.1 Å². The third-order valence-electron chi connectivity index (χ3n) is 5.75. The quantitative estimate of drug-likeness (QED) is 0.444. The molecule has 4 nitrogen and oxygen atoms in total. The van der Waals surface area contributed by atoms with Crippen molar-refractivity contribution in [2.75, 3.05) is 25.0 Å². The Balaban J connectivity index is 1.52. The van der Waals surface area contributed by atoms with Crippen molar-refractivity contribution in [3.63, 3.8) is 0 Å². The Kier molecular flexibility index (Phi) is 4.75. The Morgan fingerprint density at radius 2 is 1.77 bits per heavy atom. The molecule has 1 aliphatic heterocycles. The summed E-state index contributed by atoms with van der Waals surface area (Å²) in [6, 6.07) is 17.6. The van der Waals surface area contributed by atoms with Crippen molar-refractivity contribution in [1.29, 1.82) is 0 Å². The van der Waals surface area contributed by atoms with Gasteiger partial charge in [-0.3, -0.25) is 4.98 Å². The molecule has 0 unspecified atom stereocenters. The number of benzene rings is 2. The number of nitrogens with zero attached hydrogens (tertiary/aromatic N) is 2. The molecule has 2 N–H and O–H groups in total. The van der Waals surface area contributed by atoms with Gasteiger partial charge in [0.05, 0.1) is 22.1 Å². The first-order valence-electron chi connectivity index (χ1n) is 9.83. The van der Waals surface area contributed by atoms with E-state index < -0.39 is 11.9 Å². The van der Waals surface area contributed by atoms with Gasteiger partial charge in [-0.05, 0) is 36.4 Å². The number of alkyl halides is 3. The van der Waals surface area contributed by atoms with Gasteiger partial charge >= 0.3 is 6.18 Å². The van der Waals surface area contributed by atoms with Crippen LogP contribution in [0.4, 0.5) is 18.9 Å². The molecule has 0 amide bonds. The SMILES string of the molecule is FC(F)(F)c1cc(NCC2(c3ccc4ccccc4n3)CNC2)c2cc(Cl)ccc2n1. The normalized spacial score (nSPS) is 15.7. The number of pyridine rings is 2. The highest BCUT2D eigenvalue weighted by atomic mass is 35.5. The zero-order valence-corrected chi connectivity index (χ0v) is 17.1. The number of halogens is 4. The molecular weight excluding hydrogens is 425 g/mol. The zero-order chi connectivity index (χ0) is 21.6. The van der Waals surface area contributed by atoms with Crippen LogP contribution in [0.1, 0.15) is 11.4 Å². The molecule has 8 heteroatoms. The lowest BCUT2D eigenvalue weighted by Crippen LogP contribution is -2.60. The maximum absolute atomic E-state index is 13.4. The molecule has 2 aromatic carbocycles. The molecule has 4 aromatic rings. The number of hydrogen-bond acceptors (Lipinski definition) is 4. The fourth-order valence-corrected chi connectivity index (χ4v) is 4.11. The Labute approximate surface area is 181 Å². The Bertz CT molecular complexity index is 1290. The Morgan fingerprint density at radius 1 is 0.968 bits per heavy atom. The zero-order valence-electron chi connectivity index (χ0n) is 16.3. The fraction of sp³-hybridized carbons (Fsp3) is 0.217. The highest BCUT2D eigenvalue weighted by Gasteiger charge is 2.40. The average molecular weight is 443 g/mol. The van der Waals surface area contributed by atoms with Crippen molar-refractivity contribution in [2.45, 2.75) is 11.6 Å². The molecule has 5 rings (SSSR count). The summed E-state index contributed by atoms with van der Waals surface area (Å²) in [7, 11) is 0. The maximum Gasteiger partial charge on any atom is 0.433 e. The first-order chi connectivity index (χ1) is 14.8. The van der Waals surface area contributed by atoms with Gasteiger partial charge in [0.2, 0.25) is 0 Å². The Hall–Kier alpha value is -2.90. The molecule has 1 saturated heterocycles. The summed E-state index contributed by atoms with van der Waals surface area (Å²) in [5.41, 5.74) is 1.14. The molecule has 0 radical (unpaired) electrons. The standard InChI is InChI=1S/C23H18ClF3N4/c24-15-6-7-18-16(9-15)19(10-21(31-18)23(25,26)27)29-13-22(11-28-12-22)20-8-5-14-3-1-2-4-17(14)30-20/h1-10,28H,11-13H2,(H,29,31). The summed E-state index contributed by atoms with van der Waals surface area (Å²) >= 11 is 6.10. The van der Waals surface area contributed by atoms with E-state index >= 15 is 0 Å². The fourth-order valence-electron chi connectivity index (χ4n) is 3.94. The van der Waals surface area contributed by atoms with Crippen LogP contribution < -0.4 is 10.6 Å². The van der Waals surface area contributed by atoms with Crippen LogP contribution in [0, 0.1) is 0 Å². The third-order valence-corrected chi connectivity index (χ3v) is 5.98. The summed E-state index contributed by atoms with van der Waals surface area (Å²) in [6.07, 6.45) is -4.54. The van der Waals surface area contributed by atoms with Crippen molar-refractivity contribution >= 4 is 39.1 Å². The second-order valence-electron chi connectivity index (χ2n) is 7.84. The second-order valence-corrected chi connectivity index (χ2v) is 8.28. The number of aromatic nitrogens is 2. The van der Waals surface area contributed by atoms with Crippen LogP contribution in [0.15, 0.2) is 60.7 Å². The van der Waals surface area contributed by atoms with Crippen molar-refractivity contribution in [1.82, 2.24) is 15.3 Å². The number of rotatable bonds is 4. The van der Waals surface area contributed by atoms with Gasteiger partial charge in [0.15, 0.2) is 0 Å². The van der Waals surface area contributed by atoms with Crippen LogP contribution in [0.5, 0.6) is 0 Å². The topological polar surface area (TPSA) is 49.8 Å². The minimum absolute atomic E-state index is 0.242. The van der Waals surface area contributed by atoms with E-state index in [4.69, 9.17) is 16.6 Å². The van der Waals surface area contributed by atoms with Crippen molar-refractivity contribution in [3.8, 4) is 0 Å². The van der Waals surface area contributed by atoms with Crippen LogP contribution in [0.25, 0.3) is 21.8 Å². The average Bonchev–Trinajstić information content (AvgIpc) is 2.72. The molecule has 0 aliphatic carbocycles. The predicted octanol–water partition coefficient (Wildman–Crippen LogP) is 5.41.